The topological polar surface area (TPSA) is 58.4 Å². The molecule has 1 atom stereocenters. The number of hydrogen-bond acceptors (Lipinski definition) is 3. The molecule has 1 unspecified atom stereocenters. The van der Waals surface area contributed by atoms with Crippen LogP contribution in [0.15, 0.2) is 48.5 Å². The first-order chi connectivity index (χ1) is 13.1. The van der Waals surface area contributed by atoms with E-state index in [4.69, 9.17) is 17.3 Å². The van der Waals surface area contributed by atoms with Gasteiger partial charge in [0.15, 0.2) is 0 Å². The molecule has 5 heteroatoms. The molecule has 2 aliphatic heterocycles. The number of likely N-dealkylation sites (tertiary alicyclic amines) is 1. The molecule has 1 fully saturated rings. The Morgan fingerprint density at radius 2 is 1.85 bits per heavy atom. The van der Waals surface area contributed by atoms with Crippen LogP contribution >= 0.6 is 11.6 Å². The van der Waals surface area contributed by atoms with E-state index in [9.17, 15) is 4.79 Å². The highest BCUT2D eigenvalue weighted by Crippen LogP contribution is 2.37. The first kappa shape index (κ1) is 18.5. The Bertz CT molecular complexity index is 813. The molecule has 27 heavy (non-hydrogen) atoms. The zero-order chi connectivity index (χ0) is 18.9. The van der Waals surface area contributed by atoms with Crippen molar-refractivity contribution in [1.82, 2.24) is 10.2 Å². The lowest BCUT2D eigenvalue weighted by molar-refractivity contribution is -0.134. The number of piperidine rings is 1. The van der Waals surface area contributed by atoms with Crippen LogP contribution in [0.4, 0.5) is 0 Å². The summed E-state index contributed by atoms with van der Waals surface area (Å²) in [6, 6.07) is 15.7. The highest BCUT2D eigenvalue weighted by Gasteiger charge is 2.40. The van der Waals surface area contributed by atoms with Gasteiger partial charge in [0.2, 0.25) is 5.91 Å². The Morgan fingerprint density at radius 3 is 2.59 bits per heavy atom. The number of nitrogens with zero attached hydrogens (tertiary/aromatic N) is 1. The van der Waals surface area contributed by atoms with Gasteiger partial charge < -0.3 is 16.0 Å². The summed E-state index contributed by atoms with van der Waals surface area (Å²) in [5, 5.41) is 4.44. The number of amides is 1. The van der Waals surface area contributed by atoms with Gasteiger partial charge in [0.1, 0.15) is 0 Å². The van der Waals surface area contributed by atoms with Crippen LogP contribution in [0.5, 0.6) is 0 Å². The smallest absolute Gasteiger partial charge is 0.239 e. The van der Waals surface area contributed by atoms with Crippen LogP contribution < -0.4 is 11.1 Å². The predicted octanol–water partition coefficient (Wildman–Crippen LogP) is 2.87. The molecule has 1 spiro atoms. The number of rotatable bonds is 3. The van der Waals surface area contributed by atoms with Crippen LogP contribution in [0.25, 0.3) is 0 Å². The summed E-state index contributed by atoms with van der Waals surface area (Å²) in [6.07, 6.45) is 3.48. The van der Waals surface area contributed by atoms with Crippen LogP contribution in [-0.4, -0.2) is 36.5 Å². The Hall–Kier alpha value is -1.88. The Morgan fingerprint density at radius 1 is 1.15 bits per heavy atom. The van der Waals surface area contributed by atoms with Gasteiger partial charge in [-0.1, -0.05) is 48.0 Å². The fourth-order valence-corrected chi connectivity index (χ4v) is 4.61. The molecule has 1 amide bonds. The molecule has 2 aromatic rings. The maximum Gasteiger partial charge on any atom is 0.239 e. The van der Waals surface area contributed by atoms with Crippen molar-refractivity contribution in [2.45, 2.75) is 37.3 Å². The highest BCUT2D eigenvalue weighted by molar-refractivity contribution is 6.30. The second kappa shape index (κ2) is 7.63. The van der Waals surface area contributed by atoms with Crippen molar-refractivity contribution in [3.05, 3.63) is 70.2 Å². The normalized spacial score (nSPS) is 19.6. The molecule has 0 bridgehead atoms. The Labute approximate surface area is 165 Å². The SMILES string of the molecule is NC(Cc1ccc(Cl)cc1)C(=O)N1CCC2(CC1)NCCc1ccccc12. The van der Waals surface area contributed by atoms with Crippen molar-refractivity contribution in [3.8, 4) is 0 Å². The van der Waals surface area contributed by atoms with E-state index in [1.807, 2.05) is 29.2 Å². The number of benzene rings is 2. The Balaban J connectivity index is 1.40. The van der Waals surface area contributed by atoms with Crippen molar-refractivity contribution in [1.29, 1.82) is 0 Å². The minimum absolute atomic E-state index is 0.00585. The molecule has 4 rings (SSSR count). The summed E-state index contributed by atoms with van der Waals surface area (Å²) in [5.41, 5.74) is 10.1. The van der Waals surface area contributed by atoms with E-state index in [1.54, 1.807) is 0 Å². The maximum atomic E-state index is 12.8. The van der Waals surface area contributed by atoms with Gasteiger partial charge in [-0.05, 0) is 54.5 Å². The van der Waals surface area contributed by atoms with E-state index in [-0.39, 0.29) is 11.4 Å². The molecule has 2 heterocycles. The third kappa shape index (κ3) is 3.75. The third-order valence-electron chi connectivity index (χ3n) is 6.01. The van der Waals surface area contributed by atoms with Crippen molar-refractivity contribution in [2.75, 3.05) is 19.6 Å². The second-order valence-electron chi connectivity index (χ2n) is 7.68. The lowest BCUT2D eigenvalue weighted by atomic mass is 9.76. The van der Waals surface area contributed by atoms with Crippen molar-refractivity contribution in [3.63, 3.8) is 0 Å². The highest BCUT2D eigenvalue weighted by atomic mass is 35.5. The number of hydrogen-bond donors (Lipinski definition) is 2. The molecule has 2 aliphatic rings. The lowest BCUT2D eigenvalue weighted by Crippen LogP contribution is -2.57. The van der Waals surface area contributed by atoms with E-state index in [2.05, 4.69) is 29.6 Å². The van der Waals surface area contributed by atoms with Crippen LogP contribution in [0.2, 0.25) is 5.02 Å². The summed E-state index contributed by atoms with van der Waals surface area (Å²) in [7, 11) is 0. The van der Waals surface area contributed by atoms with Crippen molar-refractivity contribution in [2.24, 2.45) is 5.73 Å². The number of nitrogens with one attached hydrogen (secondary N) is 1. The summed E-state index contributed by atoms with van der Waals surface area (Å²) in [6.45, 7) is 2.49. The van der Waals surface area contributed by atoms with E-state index in [0.717, 1.165) is 44.5 Å². The van der Waals surface area contributed by atoms with Gasteiger partial charge in [-0.3, -0.25) is 4.79 Å². The van der Waals surface area contributed by atoms with Gasteiger partial charge in [-0.25, -0.2) is 0 Å². The molecule has 3 N–H and O–H groups in total. The van der Waals surface area contributed by atoms with Gasteiger partial charge in [0.05, 0.1) is 6.04 Å². The zero-order valence-corrected chi connectivity index (χ0v) is 16.2. The monoisotopic (exact) mass is 383 g/mol. The summed E-state index contributed by atoms with van der Waals surface area (Å²) in [4.78, 5) is 14.8. The van der Waals surface area contributed by atoms with Gasteiger partial charge in [-0.15, -0.1) is 0 Å². The molecular formula is C22H26ClN3O. The fraction of sp³-hybridized carbons (Fsp3) is 0.409. The van der Waals surface area contributed by atoms with Crippen LogP contribution in [0.1, 0.15) is 29.5 Å². The quantitative estimate of drug-likeness (QED) is 0.856. The first-order valence-electron chi connectivity index (χ1n) is 9.70. The number of carbonyl (C=O) groups excluding carboxylic acids is 1. The average Bonchev–Trinajstić information content (AvgIpc) is 2.70. The molecule has 0 aliphatic carbocycles. The van der Waals surface area contributed by atoms with Gasteiger partial charge in [-0.2, -0.15) is 0 Å². The summed E-state index contributed by atoms with van der Waals surface area (Å²) < 4.78 is 0. The standard InChI is InChI=1S/C22H26ClN3O/c23-18-7-5-16(6-8-18)15-20(24)21(27)26-13-10-22(11-14-26)19-4-2-1-3-17(19)9-12-25-22/h1-8,20,25H,9-15,24H2. The molecular weight excluding hydrogens is 358 g/mol. The largest absolute Gasteiger partial charge is 0.341 e. The van der Waals surface area contributed by atoms with Crippen molar-refractivity contribution < 1.29 is 4.79 Å². The van der Waals surface area contributed by atoms with Crippen LogP contribution in [0, 0.1) is 0 Å². The lowest BCUT2D eigenvalue weighted by Gasteiger charge is -2.46. The van der Waals surface area contributed by atoms with Gasteiger partial charge in [0.25, 0.3) is 0 Å². The fourth-order valence-electron chi connectivity index (χ4n) is 4.49. The van der Waals surface area contributed by atoms with E-state index in [0.29, 0.717) is 11.4 Å². The summed E-state index contributed by atoms with van der Waals surface area (Å²) in [5.74, 6) is 0.0453. The summed E-state index contributed by atoms with van der Waals surface area (Å²) >= 11 is 5.93. The first-order valence-corrected chi connectivity index (χ1v) is 10.1. The maximum absolute atomic E-state index is 12.8. The van der Waals surface area contributed by atoms with Gasteiger partial charge in [0, 0.05) is 30.2 Å². The van der Waals surface area contributed by atoms with E-state index >= 15 is 0 Å². The molecule has 0 radical (unpaired) electrons. The minimum Gasteiger partial charge on any atom is -0.341 e. The second-order valence-corrected chi connectivity index (χ2v) is 8.11. The molecule has 2 aromatic carbocycles. The minimum atomic E-state index is -0.508. The van der Waals surface area contributed by atoms with Crippen LogP contribution in [0.3, 0.4) is 0 Å². The number of carbonyl (C=O) groups is 1. The Kier molecular flexibility index (Phi) is 5.22. The third-order valence-corrected chi connectivity index (χ3v) is 6.26. The van der Waals surface area contributed by atoms with E-state index < -0.39 is 6.04 Å². The number of halogens is 1. The predicted molar refractivity (Wildman–Crippen MR) is 109 cm³/mol. The number of nitrogens with two attached hydrogens (primary N) is 1. The molecule has 142 valence electrons. The molecule has 4 nitrogen and oxygen atoms in total. The van der Waals surface area contributed by atoms with Crippen molar-refractivity contribution >= 4 is 17.5 Å². The zero-order valence-electron chi connectivity index (χ0n) is 15.5. The van der Waals surface area contributed by atoms with Gasteiger partial charge >= 0.3 is 0 Å². The van der Waals surface area contributed by atoms with E-state index in [1.165, 1.54) is 11.1 Å². The number of fused-ring (bicyclic) bond motifs is 2. The molecule has 1 saturated heterocycles. The molecule has 0 aromatic heterocycles. The molecule has 0 saturated carbocycles. The van der Waals surface area contributed by atoms with Crippen LogP contribution in [-0.2, 0) is 23.2 Å². The average molecular weight is 384 g/mol.